The van der Waals surface area contributed by atoms with Gasteiger partial charge in [-0.1, -0.05) is 30.3 Å². The molecule has 0 unspecified atom stereocenters. The van der Waals surface area contributed by atoms with E-state index in [1.165, 1.54) is 0 Å². The van der Waals surface area contributed by atoms with Gasteiger partial charge in [0.15, 0.2) is 0 Å². The molecule has 1 saturated heterocycles. The minimum Gasteiger partial charge on any atom is -0.377 e. The molecule has 122 valence electrons. The summed E-state index contributed by atoms with van der Waals surface area (Å²) in [7, 11) is 0. The highest BCUT2D eigenvalue weighted by atomic mass is 16.5. The average molecular weight is 315 g/mol. The summed E-state index contributed by atoms with van der Waals surface area (Å²) in [4.78, 5) is 14.2. The number of benzene rings is 1. The van der Waals surface area contributed by atoms with Crippen LogP contribution in [-0.2, 0) is 11.3 Å². The second-order valence-corrected chi connectivity index (χ2v) is 5.48. The van der Waals surface area contributed by atoms with E-state index in [4.69, 9.17) is 4.74 Å². The van der Waals surface area contributed by atoms with E-state index in [2.05, 4.69) is 22.6 Å². The van der Waals surface area contributed by atoms with Crippen LogP contribution in [0.3, 0.4) is 0 Å². The number of urea groups is 1. The lowest BCUT2D eigenvalue weighted by Gasteiger charge is -2.34. The molecule has 0 radical (unpaired) electrons. The predicted molar refractivity (Wildman–Crippen MR) is 85.2 cm³/mol. The lowest BCUT2D eigenvalue weighted by molar-refractivity contribution is 0.0112. The molecular formula is C16H21N5O2. The number of nitrogens with zero attached hydrogens (tertiary/aromatic N) is 4. The number of rotatable bonds is 4. The number of carbonyl (C=O) groups excluding carboxylic acids is 1. The Kier molecular flexibility index (Phi) is 4.87. The summed E-state index contributed by atoms with van der Waals surface area (Å²) >= 11 is 0. The van der Waals surface area contributed by atoms with Gasteiger partial charge in [0.25, 0.3) is 0 Å². The highest BCUT2D eigenvalue weighted by Crippen LogP contribution is 2.11. The van der Waals surface area contributed by atoms with E-state index >= 15 is 0 Å². The fraction of sp³-hybridized carbons (Fsp3) is 0.438. The third kappa shape index (κ3) is 3.68. The molecular weight excluding hydrogens is 294 g/mol. The largest absolute Gasteiger partial charge is 0.377 e. The van der Waals surface area contributed by atoms with E-state index in [0.29, 0.717) is 26.3 Å². The van der Waals surface area contributed by atoms with Crippen LogP contribution in [0.2, 0.25) is 0 Å². The molecule has 23 heavy (non-hydrogen) atoms. The monoisotopic (exact) mass is 315 g/mol. The molecule has 1 aromatic carbocycles. The maximum atomic E-state index is 12.3. The molecule has 0 bridgehead atoms. The van der Waals surface area contributed by atoms with Crippen molar-refractivity contribution >= 4 is 6.03 Å². The number of hydrogen-bond donors (Lipinski definition) is 1. The smallest absolute Gasteiger partial charge is 0.318 e. The Morgan fingerprint density at radius 2 is 2.22 bits per heavy atom. The highest BCUT2D eigenvalue weighted by Gasteiger charge is 2.25. The lowest BCUT2D eigenvalue weighted by Crippen LogP contribution is -2.52. The van der Waals surface area contributed by atoms with Crippen LogP contribution in [0, 0.1) is 0 Å². The van der Waals surface area contributed by atoms with Crippen molar-refractivity contribution in [3.05, 3.63) is 42.2 Å². The van der Waals surface area contributed by atoms with Crippen LogP contribution < -0.4 is 5.32 Å². The van der Waals surface area contributed by atoms with Crippen LogP contribution in [0.15, 0.2) is 36.5 Å². The molecule has 2 aromatic rings. The number of aromatic nitrogens is 3. The van der Waals surface area contributed by atoms with Crippen LogP contribution in [0.1, 0.15) is 19.0 Å². The van der Waals surface area contributed by atoms with E-state index in [1.807, 2.05) is 41.4 Å². The van der Waals surface area contributed by atoms with Crippen molar-refractivity contribution in [2.75, 3.05) is 19.8 Å². The number of para-hydroxylation sites is 1. The number of hydrogen-bond acceptors (Lipinski definition) is 4. The summed E-state index contributed by atoms with van der Waals surface area (Å²) in [5.41, 5.74) is 1.67. The normalized spacial score (nSPS) is 18.0. The SMILES string of the molecule is CC[C@@H]1COCCN1C(=O)NCc1cn(-c2ccccc2)nn1. The first-order valence-electron chi connectivity index (χ1n) is 7.86. The molecule has 1 fully saturated rings. The van der Waals surface area contributed by atoms with E-state index in [-0.39, 0.29) is 12.1 Å². The highest BCUT2D eigenvalue weighted by molar-refractivity contribution is 5.74. The zero-order chi connectivity index (χ0) is 16.1. The van der Waals surface area contributed by atoms with Crippen molar-refractivity contribution in [3.63, 3.8) is 0 Å². The van der Waals surface area contributed by atoms with Gasteiger partial charge in [-0.25, -0.2) is 9.48 Å². The average Bonchev–Trinajstić information content (AvgIpc) is 3.09. The van der Waals surface area contributed by atoms with E-state index in [0.717, 1.165) is 17.8 Å². The summed E-state index contributed by atoms with van der Waals surface area (Å²) < 4.78 is 7.12. The molecule has 7 nitrogen and oxygen atoms in total. The first-order valence-corrected chi connectivity index (χ1v) is 7.86. The number of morpholine rings is 1. The summed E-state index contributed by atoms with van der Waals surface area (Å²) in [5, 5.41) is 11.1. The Labute approximate surface area is 135 Å². The van der Waals surface area contributed by atoms with Crippen molar-refractivity contribution < 1.29 is 9.53 Å². The fourth-order valence-electron chi connectivity index (χ4n) is 2.61. The number of ether oxygens (including phenoxy) is 1. The van der Waals surface area contributed by atoms with Gasteiger partial charge in [-0.2, -0.15) is 0 Å². The molecule has 2 amide bonds. The van der Waals surface area contributed by atoms with Gasteiger partial charge in [0.2, 0.25) is 0 Å². The molecule has 1 aliphatic rings. The molecule has 1 aliphatic heterocycles. The first-order chi connectivity index (χ1) is 11.3. The van der Waals surface area contributed by atoms with Gasteiger partial charge in [0, 0.05) is 6.54 Å². The van der Waals surface area contributed by atoms with Crippen LogP contribution in [-0.4, -0.2) is 51.7 Å². The number of carbonyl (C=O) groups is 1. The third-order valence-electron chi connectivity index (χ3n) is 3.94. The quantitative estimate of drug-likeness (QED) is 0.930. The Morgan fingerprint density at radius 1 is 1.39 bits per heavy atom. The molecule has 3 rings (SSSR count). The van der Waals surface area contributed by atoms with Gasteiger partial charge < -0.3 is 15.0 Å². The first kappa shape index (κ1) is 15.5. The van der Waals surface area contributed by atoms with Gasteiger partial charge in [0.1, 0.15) is 5.69 Å². The number of amides is 2. The Bertz CT molecular complexity index is 643. The van der Waals surface area contributed by atoms with Crippen LogP contribution in [0.4, 0.5) is 4.79 Å². The maximum Gasteiger partial charge on any atom is 0.318 e. The van der Waals surface area contributed by atoms with Gasteiger partial charge in [-0.3, -0.25) is 0 Å². The standard InChI is InChI=1S/C16H21N5O2/c1-2-14-12-23-9-8-20(14)16(22)17-10-13-11-21(19-18-13)15-6-4-3-5-7-15/h3-7,11,14H,2,8-10,12H2,1H3,(H,17,22)/t14-/m1/s1. The van der Waals surface area contributed by atoms with Crippen molar-refractivity contribution in [1.29, 1.82) is 0 Å². The van der Waals surface area contributed by atoms with Gasteiger partial charge in [-0.15, -0.1) is 5.10 Å². The summed E-state index contributed by atoms with van der Waals surface area (Å²) in [6, 6.07) is 9.82. The van der Waals surface area contributed by atoms with Crippen LogP contribution in [0.25, 0.3) is 5.69 Å². The van der Waals surface area contributed by atoms with E-state index in [9.17, 15) is 4.79 Å². The summed E-state index contributed by atoms with van der Waals surface area (Å²) in [6.07, 6.45) is 2.71. The maximum absolute atomic E-state index is 12.3. The third-order valence-corrected chi connectivity index (χ3v) is 3.94. The van der Waals surface area contributed by atoms with Crippen LogP contribution in [0.5, 0.6) is 0 Å². The molecule has 1 N–H and O–H groups in total. The van der Waals surface area contributed by atoms with Crippen molar-refractivity contribution in [1.82, 2.24) is 25.2 Å². The molecule has 0 saturated carbocycles. The summed E-state index contributed by atoms with van der Waals surface area (Å²) in [5.74, 6) is 0. The fourth-order valence-corrected chi connectivity index (χ4v) is 2.61. The second-order valence-electron chi connectivity index (χ2n) is 5.48. The predicted octanol–water partition coefficient (Wildman–Crippen LogP) is 1.59. The molecule has 7 heteroatoms. The molecule has 0 aliphatic carbocycles. The van der Waals surface area contributed by atoms with Gasteiger partial charge in [0.05, 0.1) is 37.7 Å². The van der Waals surface area contributed by atoms with Crippen LogP contribution >= 0.6 is 0 Å². The Balaban J connectivity index is 1.58. The van der Waals surface area contributed by atoms with Gasteiger partial charge >= 0.3 is 6.03 Å². The van der Waals surface area contributed by atoms with Crippen molar-refractivity contribution in [2.24, 2.45) is 0 Å². The second kappa shape index (κ2) is 7.23. The zero-order valence-electron chi connectivity index (χ0n) is 13.2. The molecule has 2 heterocycles. The number of nitrogens with one attached hydrogen (secondary N) is 1. The van der Waals surface area contributed by atoms with Gasteiger partial charge in [-0.05, 0) is 18.6 Å². The van der Waals surface area contributed by atoms with Crippen molar-refractivity contribution in [2.45, 2.75) is 25.9 Å². The molecule has 0 spiro atoms. The van der Waals surface area contributed by atoms with Crippen molar-refractivity contribution in [3.8, 4) is 5.69 Å². The Hall–Kier alpha value is -2.41. The Morgan fingerprint density at radius 3 is 3.00 bits per heavy atom. The molecule has 1 aromatic heterocycles. The minimum absolute atomic E-state index is 0.0746. The molecule has 1 atom stereocenters. The zero-order valence-corrected chi connectivity index (χ0v) is 13.2. The van der Waals surface area contributed by atoms with E-state index in [1.54, 1.807) is 4.68 Å². The minimum atomic E-state index is -0.0746. The lowest BCUT2D eigenvalue weighted by atomic mass is 10.2. The topological polar surface area (TPSA) is 72.3 Å². The van der Waals surface area contributed by atoms with E-state index < -0.39 is 0 Å². The summed E-state index contributed by atoms with van der Waals surface area (Å²) in [6.45, 7) is 4.24.